The van der Waals surface area contributed by atoms with E-state index in [1.807, 2.05) is 23.9 Å². The third-order valence-electron chi connectivity index (χ3n) is 4.67. The molecule has 0 fully saturated rings. The molecule has 3 rings (SSSR count). The van der Waals surface area contributed by atoms with Gasteiger partial charge >= 0.3 is 0 Å². The fourth-order valence-electron chi connectivity index (χ4n) is 2.94. The van der Waals surface area contributed by atoms with Crippen LogP contribution in [0, 0.1) is 6.92 Å². The number of nitrogens with two attached hydrogens (primary N) is 1. The number of hydrogen-bond donors (Lipinski definition) is 1. The second-order valence-corrected chi connectivity index (χ2v) is 6.39. The van der Waals surface area contributed by atoms with Crippen molar-refractivity contribution in [1.82, 2.24) is 9.78 Å². The molecule has 0 spiro atoms. The van der Waals surface area contributed by atoms with E-state index < -0.39 is 0 Å². The fourth-order valence-corrected chi connectivity index (χ4v) is 2.94. The van der Waals surface area contributed by atoms with Gasteiger partial charge in [-0.05, 0) is 53.6 Å². The van der Waals surface area contributed by atoms with Gasteiger partial charge in [0.15, 0.2) is 0 Å². The van der Waals surface area contributed by atoms with Crippen LogP contribution in [-0.2, 0) is 6.54 Å². The number of nitrogens with zero attached hydrogens (tertiary/aromatic N) is 2. The summed E-state index contributed by atoms with van der Waals surface area (Å²) < 4.78 is 1.99. The second-order valence-electron chi connectivity index (χ2n) is 6.39. The third-order valence-corrected chi connectivity index (χ3v) is 4.67. The molecule has 0 saturated carbocycles. The Hall–Kier alpha value is -2.39. The molecule has 2 aromatic carbocycles. The molecule has 1 aromatic heterocycles. The zero-order valence-corrected chi connectivity index (χ0v) is 14.7. The van der Waals surface area contributed by atoms with E-state index in [9.17, 15) is 0 Å². The first kappa shape index (κ1) is 16.5. The van der Waals surface area contributed by atoms with E-state index in [1.165, 1.54) is 16.7 Å². The van der Waals surface area contributed by atoms with E-state index >= 15 is 0 Å². The number of aromatic nitrogens is 2. The van der Waals surface area contributed by atoms with Crippen molar-refractivity contribution in [3.63, 3.8) is 0 Å². The van der Waals surface area contributed by atoms with Crippen molar-refractivity contribution in [3.05, 3.63) is 71.5 Å². The van der Waals surface area contributed by atoms with Crippen LogP contribution in [0.1, 0.15) is 43.0 Å². The predicted molar refractivity (Wildman–Crippen MR) is 100 cm³/mol. The normalized spacial score (nSPS) is 12.3. The van der Waals surface area contributed by atoms with E-state index in [2.05, 4.69) is 61.4 Å². The van der Waals surface area contributed by atoms with E-state index in [0.29, 0.717) is 12.5 Å². The Balaban J connectivity index is 2.09. The van der Waals surface area contributed by atoms with Crippen LogP contribution in [0.4, 0.5) is 0 Å². The SMILES string of the molecule is CCC(C)c1ccc(-c2ccc(CN)cc2)cc1-n1ccc(C)n1. The molecule has 3 nitrogen and oxygen atoms in total. The summed E-state index contributed by atoms with van der Waals surface area (Å²) in [5, 5.41) is 4.62. The molecule has 0 aliphatic heterocycles. The first-order valence-corrected chi connectivity index (χ1v) is 8.58. The lowest BCUT2D eigenvalue weighted by Crippen LogP contribution is -2.04. The topological polar surface area (TPSA) is 43.8 Å². The molecule has 1 atom stereocenters. The third kappa shape index (κ3) is 3.26. The average molecular weight is 319 g/mol. The largest absolute Gasteiger partial charge is 0.326 e. The molecular weight excluding hydrogens is 294 g/mol. The van der Waals surface area contributed by atoms with Gasteiger partial charge in [0.1, 0.15) is 0 Å². The maximum Gasteiger partial charge on any atom is 0.0686 e. The van der Waals surface area contributed by atoms with Crippen molar-refractivity contribution < 1.29 is 0 Å². The van der Waals surface area contributed by atoms with Crippen LogP contribution >= 0.6 is 0 Å². The minimum atomic E-state index is 0.498. The standard InChI is InChI=1S/C21H25N3/c1-4-15(2)20-10-9-19(18-7-5-17(14-22)6-8-18)13-21(20)24-12-11-16(3)23-24/h5-13,15H,4,14,22H2,1-3H3. The highest BCUT2D eigenvalue weighted by molar-refractivity contribution is 5.68. The van der Waals surface area contributed by atoms with Gasteiger partial charge in [0.2, 0.25) is 0 Å². The summed E-state index contributed by atoms with van der Waals surface area (Å²) in [5.41, 5.74) is 12.8. The van der Waals surface area contributed by atoms with Crippen molar-refractivity contribution in [1.29, 1.82) is 0 Å². The number of aryl methyl sites for hydroxylation is 1. The summed E-state index contributed by atoms with van der Waals surface area (Å²) in [6, 6.07) is 17.2. The van der Waals surface area contributed by atoms with Gasteiger partial charge in [-0.2, -0.15) is 5.10 Å². The van der Waals surface area contributed by atoms with Crippen LogP contribution < -0.4 is 5.73 Å². The zero-order chi connectivity index (χ0) is 17.1. The fraction of sp³-hybridized carbons (Fsp3) is 0.286. The first-order valence-electron chi connectivity index (χ1n) is 8.58. The highest BCUT2D eigenvalue weighted by atomic mass is 15.3. The quantitative estimate of drug-likeness (QED) is 0.732. The van der Waals surface area contributed by atoms with Crippen LogP contribution in [0.25, 0.3) is 16.8 Å². The Labute approximate surface area is 144 Å². The molecule has 0 saturated heterocycles. The molecule has 1 heterocycles. The summed E-state index contributed by atoms with van der Waals surface area (Å²) >= 11 is 0. The summed E-state index contributed by atoms with van der Waals surface area (Å²) in [7, 11) is 0. The van der Waals surface area contributed by atoms with Gasteiger partial charge in [0, 0.05) is 12.7 Å². The van der Waals surface area contributed by atoms with Crippen LogP contribution in [0.2, 0.25) is 0 Å². The van der Waals surface area contributed by atoms with Crippen molar-refractivity contribution in [2.45, 2.75) is 39.7 Å². The van der Waals surface area contributed by atoms with Crippen molar-refractivity contribution in [3.8, 4) is 16.8 Å². The molecule has 3 aromatic rings. The minimum Gasteiger partial charge on any atom is -0.326 e. The van der Waals surface area contributed by atoms with E-state index in [0.717, 1.165) is 23.4 Å². The van der Waals surface area contributed by atoms with Gasteiger partial charge in [-0.3, -0.25) is 0 Å². The Kier molecular flexibility index (Phi) is 4.81. The number of benzene rings is 2. The van der Waals surface area contributed by atoms with Crippen LogP contribution in [-0.4, -0.2) is 9.78 Å². The van der Waals surface area contributed by atoms with Gasteiger partial charge < -0.3 is 5.73 Å². The van der Waals surface area contributed by atoms with Crippen LogP contribution in [0.3, 0.4) is 0 Å². The summed E-state index contributed by atoms with van der Waals surface area (Å²) in [6.45, 7) is 7.09. The Morgan fingerprint density at radius 3 is 2.33 bits per heavy atom. The van der Waals surface area contributed by atoms with Crippen LogP contribution in [0.15, 0.2) is 54.7 Å². The average Bonchev–Trinajstić information content (AvgIpc) is 3.07. The lowest BCUT2D eigenvalue weighted by molar-refractivity contribution is 0.716. The minimum absolute atomic E-state index is 0.498. The molecule has 0 aliphatic rings. The number of rotatable bonds is 5. The molecule has 124 valence electrons. The van der Waals surface area contributed by atoms with Gasteiger partial charge in [0.05, 0.1) is 11.4 Å². The van der Waals surface area contributed by atoms with Crippen molar-refractivity contribution >= 4 is 0 Å². The van der Waals surface area contributed by atoms with Gasteiger partial charge in [0.25, 0.3) is 0 Å². The molecule has 0 radical (unpaired) electrons. The second kappa shape index (κ2) is 7.02. The highest BCUT2D eigenvalue weighted by Gasteiger charge is 2.13. The molecule has 0 aliphatic carbocycles. The smallest absolute Gasteiger partial charge is 0.0686 e. The maximum absolute atomic E-state index is 5.70. The monoisotopic (exact) mass is 319 g/mol. The summed E-state index contributed by atoms with van der Waals surface area (Å²) in [6.07, 6.45) is 3.15. The van der Waals surface area contributed by atoms with Crippen molar-refractivity contribution in [2.24, 2.45) is 5.73 Å². The lowest BCUT2D eigenvalue weighted by Gasteiger charge is -2.17. The molecule has 3 heteroatoms. The molecule has 1 unspecified atom stereocenters. The molecule has 24 heavy (non-hydrogen) atoms. The van der Waals surface area contributed by atoms with Crippen molar-refractivity contribution in [2.75, 3.05) is 0 Å². The van der Waals surface area contributed by atoms with E-state index in [1.54, 1.807) is 0 Å². The Bertz CT molecular complexity index is 815. The van der Waals surface area contributed by atoms with E-state index in [4.69, 9.17) is 5.73 Å². The molecular formula is C21H25N3. The molecule has 0 amide bonds. The molecule has 0 bridgehead atoms. The Morgan fingerprint density at radius 2 is 1.75 bits per heavy atom. The Morgan fingerprint density at radius 1 is 1.04 bits per heavy atom. The maximum atomic E-state index is 5.70. The summed E-state index contributed by atoms with van der Waals surface area (Å²) in [4.78, 5) is 0. The highest BCUT2D eigenvalue weighted by Crippen LogP contribution is 2.30. The zero-order valence-electron chi connectivity index (χ0n) is 14.7. The van der Waals surface area contributed by atoms with Gasteiger partial charge in [-0.1, -0.05) is 50.2 Å². The van der Waals surface area contributed by atoms with Gasteiger partial charge in [-0.25, -0.2) is 4.68 Å². The first-order chi connectivity index (χ1) is 11.6. The van der Waals surface area contributed by atoms with Crippen LogP contribution in [0.5, 0.6) is 0 Å². The summed E-state index contributed by atoms with van der Waals surface area (Å²) in [5.74, 6) is 0.498. The predicted octanol–water partition coefficient (Wildman–Crippen LogP) is 4.82. The van der Waals surface area contributed by atoms with E-state index in [-0.39, 0.29) is 0 Å². The molecule has 2 N–H and O–H groups in total. The number of hydrogen-bond acceptors (Lipinski definition) is 2. The van der Waals surface area contributed by atoms with Gasteiger partial charge in [-0.15, -0.1) is 0 Å². The lowest BCUT2D eigenvalue weighted by atomic mass is 9.93.